The Labute approximate surface area is 109 Å². The number of carbonyl (C=O) groups excluding carboxylic acids is 3. The van der Waals surface area contributed by atoms with Crippen LogP contribution in [0.25, 0.3) is 0 Å². The SMILES string of the molecule is Cc1ccc2c(c1)C(=O)c1ccc(C=O)cc1C2=O. The molecular weight excluding hydrogens is 240 g/mol. The molecule has 0 N–H and O–H groups in total. The minimum Gasteiger partial charge on any atom is -0.298 e. The highest BCUT2D eigenvalue weighted by molar-refractivity contribution is 6.28. The number of fused-ring (bicyclic) bond motifs is 2. The molecule has 3 nitrogen and oxygen atoms in total. The molecule has 0 saturated carbocycles. The van der Waals surface area contributed by atoms with Crippen LogP contribution in [0.15, 0.2) is 36.4 Å². The van der Waals surface area contributed by atoms with Crippen molar-refractivity contribution in [3.8, 4) is 0 Å². The van der Waals surface area contributed by atoms with Crippen LogP contribution in [-0.4, -0.2) is 17.9 Å². The number of aldehydes is 1. The van der Waals surface area contributed by atoms with Crippen molar-refractivity contribution in [3.05, 3.63) is 69.8 Å². The molecule has 92 valence electrons. The lowest BCUT2D eigenvalue weighted by Crippen LogP contribution is -2.21. The molecule has 0 unspecified atom stereocenters. The van der Waals surface area contributed by atoms with Crippen LogP contribution >= 0.6 is 0 Å². The van der Waals surface area contributed by atoms with Gasteiger partial charge < -0.3 is 0 Å². The molecular formula is C16H10O3. The van der Waals surface area contributed by atoms with Crippen LogP contribution < -0.4 is 0 Å². The molecule has 0 radical (unpaired) electrons. The van der Waals surface area contributed by atoms with E-state index in [9.17, 15) is 14.4 Å². The van der Waals surface area contributed by atoms with E-state index >= 15 is 0 Å². The lowest BCUT2D eigenvalue weighted by molar-refractivity contribution is 0.0978. The first-order valence-electron chi connectivity index (χ1n) is 5.91. The highest BCUT2D eigenvalue weighted by Gasteiger charge is 2.29. The van der Waals surface area contributed by atoms with Gasteiger partial charge in [-0.25, -0.2) is 0 Å². The Morgan fingerprint density at radius 1 is 0.789 bits per heavy atom. The maximum Gasteiger partial charge on any atom is 0.194 e. The van der Waals surface area contributed by atoms with Gasteiger partial charge in [-0.2, -0.15) is 0 Å². The summed E-state index contributed by atoms with van der Waals surface area (Å²) in [7, 11) is 0. The smallest absolute Gasteiger partial charge is 0.194 e. The molecule has 2 aromatic carbocycles. The molecule has 0 atom stereocenters. The summed E-state index contributed by atoms with van der Waals surface area (Å²) in [5.74, 6) is -0.362. The molecule has 19 heavy (non-hydrogen) atoms. The van der Waals surface area contributed by atoms with Crippen molar-refractivity contribution in [2.45, 2.75) is 6.92 Å². The highest BCUT2D eigenvalue weighted by Crippen LogP contribution is 2.28. The first kappa shape index (κ1) is 11.5. The van der Waals surface area contributed by atoms with Crippen LogP contribution in [0.2, 0.25) is 0 Å². The minimum absolute atomic E-state index is 0.161. The summed E-state index contributed by atoms with van der Waals surface area (Å²) in [5, 5.41) is 0. The molecule has 0 bridgehead atoms. The van der Waals surface area contributed by atoms with Gasteiger partial charge in [0.15, 0.2) is 11.6 Å². The number of hydrogen-bond donors (Lipinski definition) is 0. The van der Waals surface area contributed by atoms with Gasteiger partial charge in [0.05, 0.1) is 0 Å². The molecule has 0 spiro atoms. The molecule has 3 rings (SSSR count). The average molecular weight is 250 g/mol. The topological polar surface area (TPSA) is 51.2 Å². The van der Waals surface area contributed by atoms with Gasteiger partial charge in [0.1, 0.15) is 6.29 Å². The summed E-state index contributed by atoms with van der Waals surface area (Å²) < 4.78 is 0. The Balaban J connectivity index is 2.29. The van der Waals surface area contributed by atoms with Gasteiger partial charge in [-0.3, -0.25) is 14.4 Å². The third-order valence-electron chi connectivity index (χ3n) is 3.33. The Morgan fingerprint density at radius 3 is 2.00 bits per heavy atom. The second-order valence-electron chi connectivity index (χ2n) is 4.63. The lowest BCUT2D eigenvalue weighted by Gasteiger charge is -2.17. The van der Waals surface area contributed by atoms with Gasteiger partial charge in [-0.15, -0.1) is 0 Å². The van der Waals surface area contributed by atoms with E-state index in [0.29, 0.717) is 34.1 Å². The summed E-state index contributed by atoms with van der Waals surface area (Å²) in [5.41, 5.74) is 2.87. The molecule has 1 aliphatic carbocycles. The van der Waals surface area contributed by atoms with Crippen molar-refractivity contribution in [2.24, 2.45) is 0 Å². The highest BCUT2D eigenvalue weighted by atomic mass is 16.1. The Kier molecular flexibility index (Phi) is 2.42. The third kappa shape index (κ3) is 1.63. The number of rotatable bonds is 1. The minimum atomic E-state index is -0.201. The zero-order chi connectivity index (χ0) is 13.6. The molecule has 0 aromatic heterocycles. The third-order valence-corrected chi connectivity index (χ3v) is 3.33. The number of carbonyl (C=O) groups is 3. The zero-order valence-corrected chi connectivity index (χ0v) is 10.3. The normalized spacial score (nSPS) is 12.9. The van der Waals surface area contributed by atoms with E-state index in [0.717, 1.165) is 5.56 Å². The second kappa shape index (κ2) is 3.99. The monoisotopic (exact) mass is 250 g/mol. The van der Waals surface area contributed by atoms with Crippen LogP contribution in [-0.2, 0) is 0 Å². The summed E-state index contributed by atoms with van der Waals surface area (Å²) in [4.78, 5) is 35.5. The molecule has 0 heterocycles. The van der Waals surface area contributed by atoms with Crippen molar-refractivity contribution in [2.75, 3.05) is 0 Å². The van der Waals surface area contributed by atoms with Gasteiger partial charge in [-0.1, -0.05) is 23.8 Å². The number of hydrogen-bond acceptors (Lipinski definition) is 3. The van der Waals surface area contributed by atoms with Gasteiger partial charge in [-0.05, 0) is 25.1 Å². The van der Waals surface area contributed by atoms with E-state index in [-0.39, 0.29) is 11.6 Å². The van der Waals surface area contributed by atoms with Gasteiger partial charge in [0, 0.05) is 27.8 Å². The molecule has 0 amide bonds. The number of benzene rings is 2. The van der Waals surface area contributed by atoms with E-state index in [1.807, 2.05) is 6.92 Å². The molecule has 3 heteroatoms. The van der Waals surface area contributed by atoms with Crippen molar-refractivity contribution in [1.82, 2.24) is 0 Å². The van der Waals surface area contributed by atoms with Crippen molar-refractivity contribution < 1.29 is 14.4 Å². The van der Waals surface area contributed by atoms with Gasteiger partial charge >= 0.3 is 0 Å². The zero-order valence-electron chi connectivity index (χ0n) is 10.3. The number of ketones is 2. The first-order chi connectivity index (χ1) is 9.11. The van der Waals surface area contributed by atoms with E-state index in [4.69, 9.17) is 0 Å². The summed E-state index contributed by atoms with van der Waals surface area (Å²) in [6, 6.07) is 9.78. The van der Waals surface area contributed by atoms with E-state index in [1.165, 1.54) is 6.07 Å². The van der Waals surface area contributed by atoms with E-state index in [1.54, 1.807) is 30.3 Å². The summed E-state index contributed by atoms with van der Waals surface area (Å²) in [6.07, 6.45) is 0.669. The van der Waals surface area contributed by atoms with Crippen LogP contribution in [0, 0.1) is 6.92 Å². The van der Waals surface area contributed by atoms with Crippen LogP contribution in [0.3, 0.4) is 0 Å². The Bertz CT molecular complexity index is 742. The fourth-order valence-corrected chi connectivity index (χ4v) is 2.36. The van der Waals surface area contributed by atoms with Gasteiger partial charge in [0.2, 0.25) is 0 Å². The Morgan fingerprint density at radius 2 is 1.37 bits per heavy atom. The molecule has 1 aliphatic rings. The second-order valence-corrected chi connectivity index (χ2v) is 4.63. The van der Waals surface area contributed by atoms with Crippen molar-refractivity contribution in [3.63, 3.8) is 0 Å². The van der Waals surface area contributed by atoms with Crippen LogP contribution in [0.1, 0.15) is 47.8 Å². The number of aryl methyl sites for hydroxylation is 1. The largest absolute Gasteiger partial charge is 0.298 e. The lowest BCUT2D eigenvalue weighted by atomic mass is 9.83. The molecule has 0 fully saturated rings. The predicted octanol–water partition coefficient (Wildman–Crippen LogP) is 2.58. The van der Waals surface area contributed by atoms with Crippen molar-refractivity contribution >= 4 is 17.9 Å². The standard InChI is InChI=1S/C16H10O3/c1-9-2-4-11-13(6-9)15(18)12-5-3-10(8-17)7-14(12)16(11)19/h2-8H,1H3. The van der Waals surface area contributed by atoms with Crippen LogP contribution in [0.5, 0.6) is 0 Å². The fraction of sp³-hybridized carbons (Fsp3) is 0.0625. The summed E-state index contributed by atoms with van der Waals surface area (Å²) >= 11 is 0. The fourth-order valence-electron chi connectivity index (χ4n) is 2.36. The maximum atomic E-state index is 12.4. The summed E-state index contributed by atoms with van der Waals surface area (Å²) in [6.45, 7) is 1.88. The molecule has 2 aromatic rings. The van der Waals surface area contributed by atoms with E-state index < -0.39 is 0 Å². The van der Waals surface area contributed by atoms with E-state index in [2.05, 4.69) is 0 Å². The maximum absolute atomic E-state index is 12.4. The first-order valence-corrected chi connectivity index (χ1v) is 5.91. The van der Waals surface area contributed by atoms with Gasteiger partial charge in [0.25, 0.3) is 0 Å². The van der Waals surface area contributed by atoms with Crippen LogP contribution in [0.4, 0.5) is 0 Å². The molecule has 0 saturated heterocycles. The molecule has 0 aliphatic heterocycles. The quantitative estimate of drug-likeness (QED) is 0.624. The predicted molar refractivity (Wildman–Crippen MR) is 69.9 cm³/mol. The Hall–Kier alpha value is -2.55. The average Bonchev–Trinajstić information content (AvgIpc) is 2.44. The van der Waals surface area contributed by atoms with Crippen molar-refractivity contribution in [1.29, 1.82) is 0 Å².